The number of methoxy groups -OCH3 is 1. The van der Waals surface area contributed by atoms with E-state index in [0.29, 0.717) is 27.1 Å². The highest BCUT2D eigenvalue weighted by atomic mass is 35.5. The lowest BCUT2D eigenvalue weighted by molar-refractivity contribution is 0.104. The van der Waals surface area contributed by atoms with Crippen molar-refractivity contribution in [2.45, 2.75) is 13.5 Å². The number of aryl methyl sites for hydroxylation is 1. The Morgan fingerprint density at radius 1 is 1.00 bits per heavy atom. The maximum Gasteiger partial charge on any atom is 0.185 e. The van der Waals surface area contributed by atoms with Crippen LogP contribution in [0.4, 0.5) is 0 Å². The molecule has 3 aromatic rings. The van der Waals surface area contributed by atoms with Gasteiger partial charge in [-0.1, -0.05) is 65.2 Å². The van der Waals surface area contributed by atoms with E-state index in [1.807, 2.05) is 49.4 Å². The summed E-state index contributed by atoms with van der Waals surface area (Å²) in [4.78, 5) is 12.4. The molecule has 0 saturated carbocycles. The first-order chi connectivity index (χ1) is 14.0. The average Bonchev–Trinajstić information content (AvgIpc) is 2.73. The number of ketones is 1. The van der Waals surface area contributed by atoms with Gasteiger partial charge in [0.25, 0.3) is 0 Å². The number of carbonyl (C=O) groups is 1. The molecule has 29 heavy (non-hydrogen) atoms. The highest BCUT2D eigenvalue weighted by Crippen LogP contribution is 2.32. The predicted molar refractivity (Wildman–Crippen MR) is 118 cm³/mol. The average molecular weight is 427 g/mol. The normalized spacial score (nSPS) is 10.9. The van der Waals surface area contributed by atoms with E-state index in [4.69, 9.17) is 32.7 Å². The van der Waals surface area contributed by atoms with Crippen LogP contribution in [0, 0.1) is 6.92 Å². The predicted octanol–water partition coefficient (Wildman–Crippen LogP) is 6.79. The summed E-state index contributed by atoms with van der Waals surface area (Å²) in [6.45, 7) is 2.21. The molecule has 3 rings (SSSR count). The molecule has 0 aromatic heterocycles. The van der Waals surface area contributed by atoms with Gasteiger partial charge in [0.15, 0.2) is 5.78 Å². The minimum absolute atomic E-state index is 0.0481. The van der Waals surface area contributed by atoms with Crippen molar-refractivity contribution in [1.82, 2.24) is 0 Å². The Labute approximate surface area is 180 Å². The van der Waals surface area contributed by atoms with Crippen LogP contribution in [-0.4, -0.2) is 12.9 Å². The first-order valence-corrected chi connectivity index (χ1v) is 9.76. The van der Waals surface area contributed by atoms with Crippen LogP contribution in [0.3, 0.4) is 0 Å². The Morgan fingerprint density at radius 3 is 2.55 bits per heavy atom. The molecule has 0 atom stereocenters. The zero-order chi connectivity index (χ0) is 20.8. The summed E-state index contributed by atoms with van der Waals surface area (Å²) in [6.07, 6.45) is 3.34. The first-order valence-electron chi connectivity index (χ1n) is 9.00. The summed E-state index contributed by atoms with van der Waals surface area (Å²) in [6, 6.07) is 18.4. The number of ether oxygens (including phenoxy) is 2. The van der Waals surface area contributed by atoms with E-state index < -0.39 is 0 Å². The van der Waals surface area contributed by atoms with Crippen molar-refractivity contribution in [2.75, 3.05) is 7.11 Å². The topological polar surface area (TPSA) is 35.5 Å². The molecule has 3 aromatic carbocycles. The van der Waals surface area contributed by atoms with Crippen LogP contribution in [0.1, 0.15) is 27.0 Å². The Balaban J connectivity index is 1.77. The van der Waals surface area contributed by atoms with E-state index in [1.165, 1.54) is 0 Å². The largest absolute Gasteiger partial charge is 0.496 e. The molecule has 0 saturated heterocycles. The number of hydrogen-bond acceptors (Lipinski definition) is 3. The van der Waals surface area contributed by atoms with Gasteiger partial charge < -0.3 is 9.47 Å². The zero-order valence-corrected chi connectivity index (χ0v) is 17.6. The lowest BCUT2D eigenvalue weighted by Gasteiger charge is -2.12. The van der Waals surface area contributed by atoms with E-state index >= 15 is 0 Å². The summed E-state index contributed by atoms with van der Waals surface area (Å²) in [5.41, 5.74) is 3.40. The van der Waals surface area contributed by atoms with Gasteiger partial charge in [-0.2, -0.15) is 0 Å². The Morgan fingerprint density at radius 2 is 1.79 bits per heavy atom. The molecule has 0 fully saturated rings. The second-order valence-corrected chi connectivity index (χ2v) is 7.26. The van der Waals surface area contributed by atoms with Gasteiger partial charge in [-0.05, 0) is 48.9 Å². The number of allylic oxidation sites excluding steroid dienone is 1. The van der Waals surface area contributed by atoms with Crippen LogP contribution in [0.2, 0.25) is 10.0 Å². The minimum Gasteiger partial charge on any atom is -0.496 e. The fourth-order valence-electron chi connectivity index (χ4n) is 2.83. The highest BCUT2D eigenvalue weighted by molar-refractivity contribution is 6.42. The van der Waals surface area contributed by atoms with Crippen molar-refractivity contribution >= 4 is 35.1 Å². The minimum atomic E-state index is -0.0481. The Hall–Kier alpha value is -2.75. The van der Waals surface area contributed by atoms with E-state index in [-0.39, 0.29) is 12.4 Å². The molecule has 0 aliphatic carbocycles. The molecule has 3 nitrogen and oxygen atoms in total. The fourth-order valence-corrected chi connectivity index (χ4v) is 3.18. The number of benzene rings is 3. The third kappa shape index (κ3) is 5.41. The molecule has 0 aliphatic rings. The van der Waals surface area contributed by atoms with E-state index in [0.717, 1.165) is 16.7 Å². The van der Waals surface area contributed by atoms with Crippen molar-refractivity contribution in [3.63, 3.8) is 0 Å². The van der Waals surface area contributed by atoms with Crippen molar-refractivity contribution in [2.24, 2.45) is 0 Å². The molecule has 0 radical (unpaired) electrons. The maximum absolute atomic E-state index is 12.4. The molecule has 0 bridgehead atoms. The lowest BCUT2D eigenvalue weighted by atomic mass is 10.1. The number of halogens is 2. The van der Waals surface area contributed by atoms with Crippen LogP contribution in [-0.2, 0) is 6.61 Å². The van der Waals surface area contributed by atoms with Gasteiger partial charge in [0.2, 0.25) is 0 Å². The third-order valence-corrected chi connectivity index (χ3v) is 5.14. The second-order valence-electron chi connectivity index (χ2n) is 6.48. The number of hydrogen-bond donors (Lipinski definition) is 0. The molecule has 0 unspecified atom stereocenters. The fraction of sp³-hybridized carbons (Fsp3) is 0.125. The molecule has 0 amide bonds. The standard InChI is InChI=1S/C24H20Cl2O3/c1-16-5-3-6-18(13-16)21(27)11-9-17-10-12-22(28-2)19(14-17)15-29-23-8-4-7-20(25)24(23)26/h3-14H,15H2,1-2H3/b11-9+. The van der Waals surface area contributed by atoms with Gasteiger partial charge in [0.05, 0.1) is 12.1 Å². The Bertz CT molecular complexity index is 1060. The summed E-state index contributed by atoms with van der Waals surface area (Å²) >= 11 is 12.2. The quantitative estimate of drug-likeness (QED) is 0.308. The molecule has 0 aliphatic heterocycles. The van der Waals surface area contributed by atoms with Gasteiger partial charge >= 0.3 is 0 Å². The maximum atomic E-state index is 12.4. The zero-order valence-electron chi connectivity index (χ0n) is 16.1. The Kier molecular flexibility index (Phi) is 6.97. The molecule has 5 heteroatoms. The van der Waals surface area contributed by atoms with E-state index in [9.17, 15) is 4.79 Å². The summed E-state index contributed by atoms with van der Waals surface area (Å²) in [5.74, 6) is 1.13. The first kappa shape index (κ1) is 21.0. The number of rotatable bonds is 7. The van der Waals surface area contributed by atoms with Gasteiger partial charge in [-0.3, -0.25) is 4.79 Å². The molecule has 148 valence electrons. The second kappa shape index (κ2) is 9.64. The smallest absolute Gasteiger partial charge is 0.185 e. The molecule has 0 heterocycles. The van der Waals surface area contributed by atoms with Crippen molar-refractivity contribution in [1.29, 1.82) is 0 Å². The van der Waals surface area contributed by atoms with Gasteiger partial charge in [-0.25, -0.2) is 0 Å². The van der Waals surface area contributed by atoms with Gasteiger partial charge in [0.1, 0.15) is 23.1 Å². The van der Waals surface area contributed by atoms with E-state index in [2.05, 4.69) is 0 Å². The molecular formula is C24H20Cl2O3. The van der Waals surface area contributed by atoms with Crippen LogP contribution >= 0.6 is 23.2 Å². The van der Waals surface area contributed by atoms with Crippen molar-refractivity contribution in [3.05, 3.63) is 99.0 Å². The molecule has 0 spiro atoms. The van der Waals surface area contributed by atoms with Crippen molar-refractivity contribution < 1.29 is 14.3 Å². The number of carbonyl (C=O) groups excluding carboxylic acids is 1. The molecular weight excluding hydrogens is 407 g/mol. The van der Waals surface area contributed by atoms with Crippen LogP contribution in [0.25, 0.3) is 6.08 Å². The van der Waals surface area contributed by atoms with Crippen molar-refractivity contribution in [3.8, 4) is 11.5 Å². The van der Waals surface area contributed by atoms with Crippen LogP contribution in [0.15, 0.2) is 66.7 Å². The molecule has 0 N–H and O–H groups in total. The summed E-state index contributed by atoms with van der Waals surface area (Å²) < 4.78 is 11.2. The van der Waals surface area contributed by atoms with Gasteiger partial charge in [-0.15, -0.1) is 0 Å². The summed E-state index contributed by atoms with van der Waals surface area (Å²) in [5, 5.41) is 0.801. The SMILES string of the molecule is COc1ccc(/C=C/C(=O)c2cccc(C)c2)cc1COc1cccc(Cl)c1Cl. The lowest BCUT2D eigenvalue weighted by Crippen LogP contribution is -2.00. The van der Waals surface area contributed by atoms with Gasteiger partial charge in [0, 0.05) is 11.1 Å². The summed E-state index contributed by atoms with van der Waals surface area (Å²) in [7, 11) is 1.60. The third-order valence-electron chi connectivity index (χ3n) is 4.33. The monoisotopic (exact) mass is 426 g/mol. The highest BCUT2D eigenvalue weighted by Gasteiger charge is 2.09. The van der Waals surface area contributed by atoms with Crippen LogP contribution in [0.5, 0.6) is 11.5 Å². The van der Waals surface area contributed by atoms with Crippen LogP contribution < -0.4 is 9.47 Å². The van der Waals surface area contributed by atoms with E-state index in [1.54, 1.807) is 37.5 Å².